The monoisotopic (exact) mass is 382 g/mol. The van der Waals surface area contributed by atoms with E-state index in [4.69, 9.17) is 0 Å². The molecule has 1 amide bonds. The van der Waals surface area contributed by atoms with Gasteiger partial charge in [0.15, 0.2) is 5.82 Å². The molecule has 4 heterocycles. The first-order valence-electron chi connectivity index (χ1n) is 10.6. The van der Waals surface area contributed by atoms with Gasteiger partial charge in [0.05, 0.1) is 6.54 Å². The van der Waals surface area contributed by atoms with E-state index in [1.807, 2.05) is 17.3 Å². The van der Waals surface area contributed by atoms with Crippen LogP contribution in [-0.2, 0) is 24.4 Å². The van der Waals surface area contributed by atoms with Crippen LogP contribution in [0.3, 0.4) is 0 Å². The zero-order valence-corrected chi connectivity index (χ0v) is 16.8. The van der Waals surface area contributed by atoms with Crippen LogP contribution >= 0.6 is 0 Å². The maximum atomic E-state index is 12.3. The summed E-state index contributed by atoms with van der Waals surface area (Å²) in [5.41, 5.74) is 1.31. The Balaban J connectivity index is 1.40. The highest BCUT2D eigenvalue weighted by molar-refractivity contribution is 5.76. The summed E-state index contributed by atoms with van der Waals surface area (Å²) in [5, 5.41) is 9.00. The van der Waals surface area contributed by atoms with E-state index in [0.29, 0.717) is 18.9 Å². The van der Waals surface area contributed by atoms with Crippen molar-refractivity contribution in [1.29, 1.82) is 0 Å². The maximum Gasteiger partial charge on any atom is 0.223 e. The first-order valence-corrected chi connectivity index (χ1v) is 10.6. The van der Waals surface area contributed by atoms with Crippen molar-refractivity contribution in [2.24, 2.45) is 0 Å². The van der Waals surface area contributed by atoms with Crippen LogP contribution in [0.15, 0.2) is 24.5 Å². The van der Waals surface area contributed by atoms with Crippen molar-refractivity contribution in [3.63, 3.8) is 0 Å². The number of nitrogens with zero attached hydrogens (tertiary/aromatic N) is 6. The van der Waals surface area contributed by atoms with Crippen molar-refractivity contribution in [3.8, 4) is 0 Å². The number of hydrogen-bond acceptors (Lipinski definition) is 5. The summed E-state index contributed by atoms with van der Waals surface area (Å²) in [4.78, 5) is 20.9. The molecule has 0 bridgehead atoms. The first kappa shape index (κ1) is 19.1. The van der Waals surface area contributed by atoms with Crippen LogP contribution in [0.25, 0.3) is 0 Å². The van der Waals surface area contributed by atoms with Gasteiger partial charge in [0.1, 0.15) is 5.82 Å². The van der Waals surface area contributed by atoms with Crippen LogP contribution < -0.4 is 0 Å². The summed E-state index contributed by atoms with van der Waals surface area (Å²) < 4.78 is 2.27. The Hall–Kier alpha value is -2.28. The van der Waals surface area contributed by atoms with Gasteiger partial charge in [-0.05, 0) is 43.5 Å². The summed E-state index contributed by atoms with van der Waals surface area (Å²) in [5.74, 6) is 2.71. The van der Waals surface area contributed by atoms with E-state index in [1.165, 1.54) is 12.0 Å². The molecule has 0 aromatic carbocycles. The molecule has 0 spiro atoms. The van der Waals surface area contributed by atoms with Crippen LogP contribution in [0.5, 0.6) is 0 Å². The molecule has 0 N–H and O–H groups in total. The second kappa shape index (κ2) is 8.82. The molecule has 7 nitrogen and oxygen atoms in total. The summed E-state index contributed by atoms with van der Waals surface area (Å²) in [6.45, 7) is 7.40. The number of rotatable bonds is 6. The maximum absolute atomic E-state index is 12.3. The molecule has 0 saturated carbocycles. The number of fused-ring (bicyclic) bond motifs is 1. The number of pyridine rings is 1. The Morgan fingerprint density at radius 3 is 2.86 bits per heavy atom. The SMILES string of the molecule is CCCCC(=O)N1CCn2c(nnc2C2CCCN(Cc3ccncc3)C2)C1. The molecule has 7 heteroatoms. The smallest absolute Gasteiger partial charge is 0.223 e. The van der Waals surface area contributed by atoms with Gasteiger partial charge in [0.25, 0.3) is 0 Å². The Morgan fingerprint density at radius 1 is 1.18 bits per heavy atom. The van der Waals surface area contributed by atoms with Crippen molar-refractivity contribution in [1.82, 2.24) is 29.5 Å². The van der Waals surface area contributed by atoms with Crippen LogP contribution in [0.1, 0.15) is 62.2 Å². The molecule has 1 unspecified atom stereocenters. The lowest BCUT2D eigenvalue weighted by atomic mass is 9.96. The molecule has 2 aromatic rings. The Kier molecular flexibility index (Phi) is 6.00. The number of hydrogen-bond donors (Lipinski definition) is 0. The van der Waals surface area contributed by atoms with Gasteiger partial charge in [-0.3, -0.25) is 14.7 Å². The van der Waals surface area contributed by atoms with Crippen molar-refractivity contribution in [2.75, 3.05) is 19.6 Å². The molecule has 2 aliphatic rings. The molecular weight excluding hydrogens is 352 g/mol. The van der Waals surface area contributed by atoms with Crippen LogP contribution in [0.2, 0.25) is 0 Å². The Bertz CT molecular complexity index is 789. The molecule has 1 fully saturated rings. The number of aromatic nitrogens is 4. The normalized spacial score (nSPS) is 20.2. The van der Waals surface area contributed by atoms with Crippen molar-refractivity contribution in [3.05, 3.63) is 41.7 Å². The van der Waals surface area contributed by atoms with Crippen molar-refractivity contribution in [2.45, 2.75) is 64.6 Å². The van der Waals surface area contributed by atoms with Gasteiger partial charge in [0, 0.05) is 50.9 Å². The van der Waals surface area contributed by atoms with Crippen molar-refractivity contribution < 1.29 is 4.79 Å². The fourth-order valence-electron chi connectivity index (χ4n) is 4.34. The van der Waals surface area contributed by atoms with Crippen LogP contribution in [-0.4, -0.2) is 55.1 Å². The molecule has 4 rings (SSSR count). The average Bonchev–Trinajstić information content (AvgIpc) is 3.16. The van der Waals surface area contributed by atoms with Gasteiger partial charge in [-0.2, -0.15) is 0 Å². The molecule has 28 heavy (non-hydrogen) atoms. The summed E-state index contributed by atoms with van der Waals surface area (Å²) in [7, 11) is 0. The highest BCUT2D eigenvalue weighted by Crippen LogP contribution is 2.28. The van der Waals surface area contributed by atoms with Gasteiger partial charge in [0.2, 0.25) is 5.91 Å². The third-order valence-corrected chi connectivity index (χ3v) is 5.90. The van der Waals surface area contributed by atoms with Gasteiger partial charge in [-0.15, -0.1) is 10.2 Å². The van der Waals surface area contributed by atoms with Gasteiger partial charge in [-0.25, -0.2) is 0 Å². The van der Waals surface area contributed by atoms with Gasteiger partial charge < -0.3 is 9.47 Å². The minimum atomic E-state index is 0.249. The molecular formula is C21H30N6O. The lowest BCUT2D eigenvalue weighted by Gasteiger charge is -2.33. The molecule has 0 radical (unpaired) electrons. The molecule has 1 saturated heterocycles. The zero-order valence-electron chi connectivity index (χ0n) is 16.8. The summed E-state index contributed by atoms with van der Waals surface area (Å²) in [6.07, 6.45) is 8.71. The lowest BCUT2D eigenvalue weighted by Crippen LogP contribution is -2.40. The standard InChI is InChI=1S/C21H30N6O/c1-2-3-6-20(28)26-12-13-27-19(16-26)23-24-21(27)18-5-4-11-25(15-18)14-17-7-9-22-10-8-17/h7-10,18H,2-6,11-16H2,1H3. The second-order valence-corrected chi connectivity index (χ2v) is 7.97. The van der Waals surface area contributed by atoms with E-state index in [0.717, 1.165) is 63.6 Å². The van der Waals surface area contributed by atoms with E-state index in [2.05, 4.69) is 43.7 Å². The van der Waals surface area contributed by atoms with E-state index >= 15 is 0 Å². The highest BCUT2D eigenvalue weighted by Gasteiger charge is 2.30. The second-order valence-electron chi connectivity index (χ2n) is 7.97. The van der Waals surface area contributed by atoms with Crippen molar-refractivity contribution >= 4 is 5.91 Å². The molecule has 2 aliphatic heterocycles. The number of carbonyl (C=O) groups is 1. The van der Waals surface area contributed by atoms with Gasteiger partial charge in [-0.1, -0.05) is 13.3 Å². The van der Waals surface area contributed by atoms with E-state index < -0.39 is 0 Å². The Morgan fingerprint density at radius 2 is 2.04 bits per heavy atom. The van der Waals surface area contributed by atoms with Crippen LogP contribution in [0, 0.1) is 0 Å². The fraction of sp³-hybridized carbons (Fsp3) is 0.619. The van der Waals surface area contributed by atoms with E-state index in [1.54, 1.807) is 0 Å². The highest BCUT2D eigenvalue weighted by atomic mass is 16.2. The number of piperidine rings is 1. The predicted octanol–water partition coefficient (Wildman–Crippen LogP) is 2.59. The van der Waals surface area contributed by atoms with E-state index in [9.17, 15) is 4.79 Å². The van der Waals surface area contributed by atoms with Gasteiger partial charge >= 0.3 is 0 Å². The molecule has 0 aliphatic carbocycles. The quantitative estimate of drug-likeness (QED) is 0.768. The lowest BCUT2D eigenvalue weighted by molar-refractivity contribution is -0.132. The topological polar surface area (TPSA) is 67.2 Å². The van der Waals surface area contributed by atoms with E-state index in [-0.39, 0.29) is 5.91 Å². The third-order valence-electron chi connectivity index (χ3n) is 5.90. The van der Waals surface area contributed by atoms with Crippen LogP contribution in [0.4, 0.5) is 0 Å². The summed E-state index contributed by atoms with van der Waals surface area (Å²) >= 11 is 0. The fourth-order valence-corrected chi connectivity index (χ4v) is 4.34. The minimum Gasteiger partial charge on any atom is -0.333 e. The summed E-state index contributed by atoms with van der Waals surface area (Å²) in [6, 6.07) is 4.18. The zero-order chi connectivity index (χ0) is 19.3. The first-order chi connectivity index (χ1) is 13.7. The number of unbranched alkanes of at least 4 members (excludes halogenated alkanes) is 1. The average molecular weight is 383 g/mol. The predicted molar refractivity (Wildman–Crippen MR) is 106 cm³/mol. The minimum absolute atomic E-state index is 0.249. The number of likely N-dealkylation sites (tertiary alicyclic amines) is 1. The number of carbonyl (C=O) groups excluding carboxylic acids is 1. The molecule has 2 aromatic heterocycles. The largest absolute Gasteiger partial charge is 0.333 e. The molecule has 150 valence electrons. The third kappa shape index (κ3) is 4.24. The Labute approximate surface area is 166 Å². The molecule has 1 atom stereocenters. The number of amides is 1.